The molecule has 1 aromatic rings. The highest BCUT2D eigenvalue weighted by Crippen LogP contribution is 2.67. The molecule has 0 amide bonds. The van der Waals surface area contributed by atoms with Gasteiger partial charge >= 0.3 is 0 Å². The normalized spacial score (nSPS) is 38.2. The first-order chi connectivity index (χ1) is 10.2. The topological polar surface area (TPSA) is 64.2 Å². The van der Waals surface area contributed by atoms with Crippen LogP contribution in [0.25, 0.3) is 0 Å². The molecule has 5 rings (SSSR count). The van der Waals surface area contributed by atoms with Crippen LogP contribution in [0.15, 0.2) is 6.07 Å². The first kappa shape index (κ1) is 13.5. The molecule has 0 radical (unpaired) electrons. The number of rotatable bonds is 5. The molecule has 4 aliphatic rings. The molecule has 0 aromatic carbocycles. The summed E-state index contributed by atoms with van der Waals surface area (Å²) in [6, 6.07) is 1.91. The molecule has 21 heavy (non-hydrogen) atoms. The molecule has 1 aliphatic heterocycles. The van der Waals surface area contributed by atoms with Crippen LogP contribution in [-0.2, 0) is 14.9 Å². The Balaban J connectivity index is 1.36. The van der Waals surface area contributed by atoms with E-state index in [-0.39, 0.29) is 11.7 Å². The van der Waals surface area contributed by atoms with Crippen LogP contribution in [0, 0.1) is 5.41 Å². The predicted molar refractivity (Wildman–Crippen MR) is 76.1 cm³/mol. The molecule has 2 bridgehead atoms. The zero-order chi connectivity index (χ0) is 14.3. The monoisotopic (exact) mass is 290 g/mol. The quantitative estimate of drug-likeness (QED) is 0.847. The number of aldehydes is 1. The number of fused-ring (bicyclic) bond motifs is 1. The highest BCUT2D eigenvalue weighted by molar-refractivity contribution is 5.71. The van der Waals surface area contributed by atoms with Gasteiger partial charge in [-0.1, -0.05) is 0 Å². The van der Waals surface area contributed by atoms with E-state index in [2.05, 4.69) is 10.2 Å². The summed E-state index contributed by atoms with van der Waals surface area (Å²) in [6.45, 7) is 1.65. The zero-order valence-electron chi connectivity index (χ0n) is 12.3. The lowest BCUT2D eigenvalue weighted by atomic mass is 9.59. The van der Waals surface area contributed by atoms with Crippen molar-refractivity contribution in [3.05, 3.63) is 17.5 Å². The van der Waals surface area contributed by atoms with Crippen molar-refractivity contribution in [2.45, 2.75) is 56.7 Å². The smallest absolute Gasteiger partial charge is 0.170 e. The third kappa shape index (κ3) is 2.23. The summed E-state index contributed by atoms with van der Waals surface area (Å²) >= 11 is 0. The molecular formula is C16H22N2O3. The van der Waals surface area contributed by atoms with Crippen molar-refractivity contribution >= 4 is 6.29 Å². The number of nitrogens with one attached hydrogen (secondary N) is 1. The van der Waals surface area contributed by atoms with Gasteiger partial charge < -0.3 is 9.47 Å². The van der Waals surface area contributed by atoms with E-state index in [1.165, 1.54) is 19.3 Å². The maximum absolute atomic E-state index is 10.8. The molecule has 1 atom stereocenters. The van der Waals surface area contributed by atoms with Crippen LogP contribution in [-0.4, -0.2) is 36.0 Å². The molecule has 3 saturated carbocycles. The molecule has 1 N–H and O–H groups in total. The molecule has 1 aromatic heterocycles. The van der Waals surface area contributed by atoms with Crippen LogP contribution in [0.2, 0.25) is 0 Å². The van der Waals surface area contributed by atoms with E-state index >= 15 is 0 Å². The van der Waals surface area contributed by atoms with Crippen molar-refractivity contribution in [3.63, 3.8) is 0 Å². The fraction of sp³-hybridized carbons (Fsp3) is 0.750. The third-order valence-corrected chi connectivity index (χ3v) is 5.56. The van der Waals surface area contributed by atoms with Gasteiger partial charge in [-0.3, -0.25) is 9.89 Å². The van der Waals surface area contributed by atoms with Gasteiger partial charge in [0.15, 0.2) is 12.6 Å². The van der Waals surface area contributed by atoms with Gasteiger partial charge in [0.1, 0.15) is 5.69 Å². The lowest BCUT2D eigenvalue weighted by Gasteiger charge is -2.47. The molecule has 5 heteroatoms. The van der Waals surface area contributed by atoms with Gasteiger partial charge in [-0.2, -0.15) is 5.10 Å². The van der Waals surface area contributed by atoms with Crippen molar-refractivity contribution < 1.29 is 14.3 Å². The van der Waals surface area contributed by atoms with E-state index in [0.717, 1.165) is 50.9 Å². The summed E-state index contributed by atoms with van der Waals surface area (Å²) in [4.78, 5) is 10.8. The zero-order valence-corrected chi connectivity index (χ0v) is 12.3. The fourth-order valence-electron chi connectivity index (χ4n) is 4.52. The predicted octanol–water partition coefficient (Wildman–Crippen LogP) is 2.58. The van der Waals surface area contributed by atoms with E-state index in [0.29, 0.717) is 11.1 Å². The second kappa shape index (κ2) is 4.92. The Bertz CT molecular complexity index is 527. The summed E-state index contributed by atoms with van der Waals surface area (Å²) in [7, 11) is 0. The first-order valence-corrected chi connectivity index (χ1v) is 7.98. The number of nitrogens with zero attached hydrogens (tertiary/aromatic N) is 1. The number of carbonyl (C=O) groups excluding carboxylic acids is 1. The number of carbonyl (C=O) groups is 1. The lowest BCUT2D eigenvalue weighted by Crippen LogP contribution is -2.44. The van der Waals surface area contributed by atoms with Gasteiger partial charge in [-0.15, -0.1) is 0 Å². The maximum atomic E-state index is 10.8. The van der Waals surface area contributed by atoms with Gasteiger partial charge in [0.05, 0.1) is 6.61 Å². The average Bonchev–Trinajstić information content (AvgIpc) is 3.19. The number of ether oxygens (including phenoxy) is 2. The van der Waals surface area contributed by atoms with Crippen LogP contribution >= 0.6 is 0 Å². The molecule has 2 heterocycles. The SMILES string of the molecule is O=Cc1cc(C23CCC(COC4CCCCO4)(C2)C3)[nH]n1. The highest BCUT2D eigenvalue weighted by Gasteiger charge is 2.62. The number of hydrogen-bond donors (Lipinski definition) is 1. The molecule has 0 spiro atoms. The highest BCUT2D eigenvalue weighted by atomic mass is 16.7. The van der Waals surface area contributed by atoms with Crippen molar-refractivity contribution in [1.29, 1.82) is 0 Å². The van der Waals surface area contributed by atoms with Crippen molar-refractivity contribution in [3.8, 4) is 0 Å². The number of aromatic amines is 1. The summed E-state index contributed by atoms with van der Waals surface area (Å²) < 4.78 is 11.7. The van der Waals surface area contributed by atoms with Gasteiger partial charge in [0, 0.05) is 17.7 Å². The second-order valence-corrected chi connectivity index (χ2v) is 7.07. The molecule has 4 fully saturated rings. The Morgan fingerprint density at radius 2 is 2.33 bits per heavy atom. The molecule has 114 valence electrons. The summed E-state index contributed by atoms with van der Waals surface area (Å²) in [5.74, 6) is 0. The van der Waals surface area contributed by atoms with Crippen molar-refractivity contribution in [1.82, 2.24) is 10.2 Å². The van der Waals surface area contributed by atoms with E-state index in [1.807, 2.05) is 6.07 Å². The van der Waals surface area contributed by atoms with E-state index in [1.54, 1.807) is 0 Å². The van der Waals surface area contributed by atoms with Gasteiger partial charge in [-0.05, 0) is 56.4 Å². The maximum Gasteiger partial charge on any atom is 0.170 e. The molecule has 5 nitrogen and oxygen atoms in total. The van der Waals surface area contributed by atoms with Gasteiger partial charge in [0.2, 0.25) is 0 Å². The largest absolute Gasteiger partial charge is 0.353 e. The number of H-pyrrole nitrogens is 1. The van der Waals surface area contributed by atoms with Crippen LogP contribution in [0.1, 0.15) is 61.1 Å². The standard InChI is InChI=1S/C16H22N2O3/c19-8-12-7-13(18-17-12)16-5-4-15(9-16,10-16)11-21-14-3-1-2-6-20-14/h7-8,14H,1-6,9-11H2,(H,17,18). The van der Waals surface area contributed by atoms with Crippen LogP contribution < -0.4 is 0 Å². The van der Waals surface area contributed by atoms with Crippen molar-refractivity contribution in [2.24, 2.45) is 5.41 Å². The van der Waals surface area contributed by atoms with Crippen LogP contribution in [0.5, 0.6) is 0 Å². The first-order valence-electron chi connectivity index (χ1n) is 7.98. The number of aromatic nitrogens is 2. The lowest BCUT2D eigenvalue weighted by molar-refractivity contribution is -0.186. The Morgan fingerprint density at radius 3 is 3.05 bits per heavy atom. The Hall–Kier alpha value is -1.20. The minimum Gasteiger partial charge on any atom is -0.353 e. The third-order valence-electron chi connectivity index (χ3n) is 5.56. The summed E-state index contributed by atoms with van der Waals surface area (Å²) in [6.07, 6.45) is 8.89. The Kier molecular flexibility index (Phi) is 3.15. The van der Waals surface area contributed by atoms with E-state index in [9.17, 15) is 4.79 Å². The summed E-state index contributed by atoms with van der Waals surface area (Å²) in [5.41, 5.74) is 2.18. The minimum atomic E-state index is 0.0116. The van der Waals surface area contributed by atoms with Crippen LogP contribution in [0.4, 0.5) is 0 Å². The van der Waals surface area contributed by atoms with Gasteiger partial charge in [-0.25, -0.2) is 0 Å². The Labute approximate surface area is 124 Å². The van der Waals surface area contributed by atoms with Crippen molar-refractivity contribution in [2.75, 3.05) is 13.2 Å². The Morgan fingerprint density at radius 1 is 1.43 bits per heavy atom. The number of hydrogen-bond acceptors (Lipinski definition) is 4. The minimum absolute atomic E-state index is 0.0116. The fourth-order valence-corrected chi connectivity index (χ4v) is 4.52. The molecule has 1 saturated heterocycles. The molecular weight excluding hydrogens is 268 g/mol. The van der Waals surface area contributed by atoms with E-state index < -0.39 is 0 Å². The van der Waals surface area contributed by atoms with E-state index in [4.69, 9.17) is 9.47 Å². The van der Waals surface area contributed by atoms with Gasteiger partial charge in [0.25, 0.3) is 0 Å². The van der Waals surface area contributed by atoms with Crippen LogP contribution in [0.3, 0.4) is 0 Å². The molecule has 1 unspecified atom stereocenters. The second-order valence-electron chi connectivity index (χ2n) is 7.07. The average molecular weight is 290 g/mol. The molecule has 3 aliphatic carbocycles. The summed E-state index contributed by atoms with van der Waals surface area (Å²) in [5, 5.41) is 7.10.